The highest BCUT2D eigenvalue weighted by Crippen LogP contribution is 2.12. The first-order valence-electron chi connectivity index (χ1n) is 9.54. The molecule has 0 atom stereocenters. The first-order chi connectivity index (χ1) is 13.5. The zero-order chi connectivity index (χ0) is 20.4. The molecule has 0 radical (unpaired) electrons. The Labute approximate surface area is 167 Å². The molecular formula is C17H32N6O4S. The summed E-state index contributed by atoms with van der Waals surface area (Å²) >= 11 is 0. The summed E-state index contributed by atoms with van der Waals surface area (Å²) in [5.41, 5.74) is 0.426. The fourth-order valence-electron chi connectivity index (χ4n) is 2.88. The van der Waals surface area contributed by atoms with Gasteiger partial charge < -0.3 is 24.4 Å². The third kappa shape index (κ3) is 7.04. The minimum Gasteiger partial charge on any atom is -0.383 e. The van der Waals surface area contributed by atoms with Gasteiger partial charge in [0.25, 0.3) is 0 Å². The van der Waals surface area contributed by atoms with Crippen molar-refractivity contribution >= 4 is 16.0 Å². The van der Waals surface area contributed by atoms with Crippen LogP contribution in [-0.4, -0.2) is 107 Å². The largest absolute Gasteiger partial charge is 0.383 e. The molecule has 0 saturated carbocycles. The number of sulfonamides is 1. The zero-order valence-corrected chi connectivity index (χ0v) is 17.8. The highest BCUT2D eigenvalue weighted by atomic mass is 32.2. The van der Waals surface area contributed by atoms with Gasteiger partial charge in [-0.05, 0) is 14.0 Å². The van der Waals surface area contributed by atoms with Gasteiger partial charge in [-0.1, -0.05) is 5.16 Å². The van der Waals surface area contributed by atoms with Crippen molar-refractivity contribution < 1.29 is 17.7 Å². The van der Waals surface area contributed by atoms with Crippen LogP contribution in [-0.2, 0) is 20.5 Å². The standard InChI is InChI=1S/C17H32N6O4S/c1-4-18-17(19-6-7-21(2)12-14-26-3)22-8-10-23(11-9-22)28(24,25)15-16-5-13-27-20-16/h5,13H,4,6-12,14-15H2,1-3H3,(H,18,19). The Kier molecular flexibility index (Phi) is 9.16. The minimum absolute atomic E-state index is 0.133. The lowest BCUT2D eigenvalue weighted by Crippen LogP contribution is -2.54. The number of nitrogens with zero attached hydrogens (tertiary/aromatic N) is 5. The highest BCUT2D eigenvalue weighted by Gasteiger charge is 2.28. The van der Waals surface area contributed by atoms with Gasteiger partial charge in [-0.15, -0.1) is 0 Å². The molecule has 1 fully saturated rings. The number of guanidine groups is 1. The maximum atomic E-state index is 12.6. The van der Waals surface area contributed by atoms with Crippen molar-refractivity contribution in [1.82, 2.24) is 24.6 Å². The second kappa shape index (κ2) is 11.3. The van der Waals surface area contributed by atoms with Crippen LogP contribution in [0.1, 0.15) is 12.6 Å². The number of aliphatic imine (C=N–C) groups is 1. The third-order valence-electron chi connectivity index (χ3n) is 4.51. The van der Waals surface area contributed by atoms with E-state index in [-0.39, 0.29) is 5.75 Å². The maximum absolute atomic E-state index is 12.6. The quantitative estimate of drug-likeness (QED) is 0.408. The highest BCUT2D eigenvalue weighted by molar-refractivity contribution is 7.88. The molecule has 11 heteroatoms. The van der Waals surface area contributed by atoms with Gasteiger partial charge in [-0.25, -0.2) is 8.42 Å². The van der Waals surface area contributed by atoms with Crippen LogP contribution in [0.4, 0.5) is 0 Å². The first-order valence-corrected chi connectivity index (χ1v) is 11.1. The molecule has 1 saturated heterocycles. The van der Waals surface area contributed by atoms with E-state index in [9.17, 15) is 8.42 Å². The Bertz CT molecular complexity index is 687. The van der Waals surface area contributed by atoms with Crippen molar-refractivity contribution in [3.63, 3.8) is 0 Å². The molecule has 160 valence electrons. The summed E-state index contributed by atoms with van der Waals surface area (Å²) in [4.78, 5) is 8.98. The molecule has 1 N–H and O–H groups in total. The Hall–Kier alpha value is -1.69. The normalized spacial score (nSPS) is 16.7. The van der Waals surface area contributed by atoms with Gasteiger partial charge in [-0.3, -0.25) is 4.99 Å². The van der Waals surface area contributed by atoms with Crippen molar-refractivity contribution in [2.45, 2.75) is 12.7 Å². The van der Waals surface area contributed by atoms with Gasteiger partial charge >= 0.3 is 0 Å². The Morgan fingerprint density at radius 2 is 2.11 bits per heavy atom. The van der Waals surface area contributed by atoms with E-state index in [1.165, 1.54) is 10.6 Å². The van der Waals surface area contributed by atoms with E-state index in [4.69, 9.17) is 14.3 Å². The summed E-state index contributed by atoms with van der Waals surface area (Å²) in [7, 11) is 0.337. The van der Waals surface area contributed by atoms with Crippen LogP contribution in [0.3, 0.4) is 0 Å². The number of aromatic nitrogens is 1. The second-order valence-electron chi connectivity index (χ2n) is 6.66. The van der Waals surface area contributed by atoms with Crippen LogP contribution in [0.2, 0.25) is 0 Å². The molecule has 10 nitrogen and oxygen atoms in total. The van der Waals surface area contributed by atoms with E-state index in [2.05, 4.69) is 20.3 Å². The Morgan fingerprint density at radius 3 is 2.71 bits per heavy atom. The molecule has 0 unspecified atom stereocenters. The average Bonchev–Trinajstić information content (AvgIpc) is 3.18. The number of rotatable bonds is 10. The van der Waals surface area contributed by atoms with Crippen LogP contribution in [0.5, 0.6) is 0 Å². The molecule has 0 aromatic carbocycles. The molecule has 0 amide bonds. The predicted molar refractivity (Wildman–Crippen MR) is 108 cm³/mol. The molecule has 2 heterocycles. The SMILES string of the molecule is CCNC(=NCCN(C)CCOC)N1CCN(S(=O)(=O)Cc2ccon2)CC1. The maximum Gasteiger partial charge on any atom is 0.220 e. The van der Waals surface area contributed by atoms with Crippen molar-refractivity contribution in [3.05, 3.63) is 18.0 Å². The van der Waals surface area contributed by atoms with E-state index in [1.54, 1.807) is 13.2 Å². The molecule has 2 rings (SSSR count). The van der Waals surface area contributed by atoms with E-state index in [0.717, 1.165) is 25.6 Å². The van der Waals surface area contributed by atoms with E-state index in [1.807, 2.05) is 14.0 Å². The number of likely N-dealkylation sites (N-methyl/N-ethyl adjacent to an activating group) is 1. The van der Waals surface area contributed by atoms with E-state index < -0.39 is 10.0 Å². The molecule has 1 aliphatic rings. The summed E-state index contributed by atoms with van der Waals surface area (Å²) in [6, 6.07) is 1.58. The van der Waals surface area contributed by atoms with Gasteiger partial charge in [0, 0.05) is 59.0 Å². The van der Waals surface area contributed by atoms with Gasteiger partial charge in [0.15, 0.2) is 5.96 Å². The van der Waals surface area contributed by atoms with Crippen molar-refractivity contribution in [2.24, 2.45) is 4.99 Å². The van der Waals surface area contributed by atoms with E-state index in [0.29, 0.717) is 45.0 Å². The van der Waals surface area contributed by atoms with Crippen LogP contribution in [0.25, 0.3) is 0 Å². The number of methoxy groups -OCH3 is 1. The fraction of sp³-hybridized carbons (Fsp3) is 0.765. The molecule has 28 heavy (non-hydrogen) atoms. The van der Waals surface area contributed by atoms with Crippen LogP contribution in [0, 0.1) is 0 Å². The number of piperazine rings is 1. The first kappa shape index (κ1) is 22.6. The second-order valence-corrected chi connectivity index (χ2v) is 8.63. The molecule has 0 spiro atoms. The summed E-state index contributed by atoms with van der Waals surface area (Å²) < 4.78 is 36.4. The smallest absolute Gasteiger partial charge is 0.220 e. The monoisotopic (exact) mass is 416 g/mol. The van der Waals surface area contributed by atoms with Crippen LogP contribution in [0.15, 0.2) is 21.8 Å². The van der Waals surface area contributed by atoms with Gasteiger partial charge in [-0.2, -0.15) is 4.31 Å². The number of hydrogen-bond acceptors (Lipinski definition) is 7. The van der Waals surface area contributed by atoms with Crippen molar-refractivity contribution in [1.29, 1.82) is 0 Å². The Balaban J connectivity index is 1.86. The lowest BCUT2D eigenvalue weighted by atomic mass is 10.4. The van der Waals surface area contributed by atoms with Crippen LogP contribution >= 0.6 is 0 Å². The molecule has 0 bridgehead atoms. The topological polar surface area (TPSA) is 104 Å². The molecule has 1 aromatic heterocycles. The lowest BCUT2D eigenvalue weighted by Gasteiger charge is -2.35. The van der Waals surface area contributed by atoms with Gasteiger partial charge in [0.05, 0.1) is 18.8 Å². The van der Waals surface area contributed by atoms with E-state index >= 15 is 0 Å². The molecule has 1 aromatic rings. The van der Waals surface area contributed by atoms with Crippen molar-refractivity contribution in [3.8, 4) is 0 Å². The average molecular weight is 417 g/mol. The minimum atomic E-state index is -3.40. The third-order valence-corrected chi connectivity index (χ3v) is 6.32. The van der Waals surface area contributed by atoms with Gasteiger partial charge in [0.1, 0.15) is 12.0 Å². The van der Waals surface area contributed by atoms with Crippen molar-refractivity contribution in [2.75, 3.05) is 73.1 Å². The number of nitrogens with one attached hydrogen (secondary N) is 1. The summed E-state index contributed by atoms with van der Waals surface area (Å²) in [5, 5.41) is 7.00. The summed E-state index contributed by atoms with van der Waals surface area (Å²) in [6.45, 7) is 7.93. The number of ether oxygens (including phenoxy) is 1. The fourth-order valence-corrected chi connectivity index (χ4v) is 4.30. The molecular weight excluding hydrogens is 384 g/mol. The van der Waals surface area contributed by atoms with Gasteiger partial charge in [0.2, 0.25) is 10.0 Å². The zero-order valence-electron chi connectivity index (χ0n) is 17.0. The van der Waals surface area contributed by atoms with Crippen LogP contribution < -0.4 is 5.32 Å². The number of hydrogen-bond donors (Lipinski definition) is 1. The molecule has 0 aliphatic carbocycles. The Morgan fingerprint density at radius 1 is 1.36 bits per heavy atom. The summed E-state index contributed by atoms with van der Waals surface area (Å²) in [5.74, 6) is 0.696. The summed E-state index contributed by atoms with van der Waals surface area (Å²) in [6.07, 6.45) is 1.38. The lowest BCUT2D eigenvalue weighted by molar-refractivity contribution is 0.162. The predicted octanol–water partition coefficient (Wildman–Crippen LogP) is -0.334. The molecule has 1 aliphatic heterocycles.